The maximum Gasteiger partial charge on any atom is 0.337 e. The number of aromatic carboxylic acids is 1. The highest BCUT2D eigenvalue weighted by molar-refractivity contribution is 5.91. The molecule has 0 saturated carbocycles. The van der Waals surface area contributed by atoms with Crippen molar-refractivity contribution in [3.8, 4) is 5.69 Å². The van der Waals surface area contributed by atoms with Crippen LogP contribution in [0.5, 0.6) is 0 Å². The first-order chi connectivity index (χ1) is 8.11. The molecule has 0 amide bonds. The molecular weight excluding hydrogens is 220 g/mol. The lowest BCUT2D eigenvalue weighted by atomic mass is 10.1. The topological polar surface area (TPSA) is 80.9 Å². The highest BCUT2D eigenvalue weighted by Crippen LogP contribution is 2.18. The molecule has 17 heavy (non-hydrogen) atoms. The van der Waals surface area contributed by atoms with Crippen LogP contribution in [-0.2, 0) is 0 Å². The van der Waals surface area contributed by atoms with Gasteiger partial charge in [0, 0.05) is 5.92 Å². The maximum absolute atomic E-state index is 11.1. The van der Waals surface area contributed by atoms with E-state index >= 15 is 0 Å². The molecule has 0 aliphatic carbocycles. The second-order valence-corrected chi connectivity index (χ2v) is 3.93. The third-order valence-electron chi connectivity index (χ3n) is 2.37. The fourth-order valence-electron chi connectivity index (χ4n) is 1.56. The highest BCUT2D eigenvalue weighted by Gasteiger charge is 2.17. The number of carboxylic acids is 1. The zero-order valence-electron chi connectivity index (χ0n) is 9.53. The van der Waals surface area contributed by atoms with Gasteiger partial charge in [0.2, 0.25) is 0 Å². The Labute approximate surface area is 97.9 Å². The summed E-state index contributed by atoms with van der Waals surface area (Å²) >= 11 is 0. The van der Waals surface area contributed by atoms with E-state index in [4.69, 9.17) is 5.11 Å². The Kier molecular flexibility index (Phi) is 2.86. The van der Waals surface area contributed by atoms with Gasteiger partial charge in [0.05, 0.1) is 11.3 Å². The number of benzene rings is 1. The second kappa shape index (κ2) is 4.32. The molecule has 2 aromatic rings. The van der Waals surface area contributed by atoms with Crippen LogP contribution in [0.4, 0.5) is 0 Å². The zero-order valence-corrected chi connectivity index (χ0v) is 9.53. The van der Waals surface area contributed by atoms with Gasteiger partial charge in [0.25, 0.3) is 0 Å². The number of aromatic nitrogens is 4. The van der Waals surface area contributed by atoms with Gasteiger partial charge in [-0.1, -0.05) is 26.0 Å². The number of nitrogens with zero attached hydrogens (tertiary/aromatic N) is 4. The van der Waals surface area contributed by atoms with Gasteiger partial charge in [-0.05, 0) is 22.6 Å². The fraction of sp³-hybridized carbons (Fsp3) is 0.273. The predicted molar refractivity (Wildman–Crippen MR) is 60.2 cm³/mol. The van der Waals surface area contributed by atoms with Gasteiger partial charge in [0.1, 0.15) is 0 Å². The molecular formula is C11H12N4O2. The van der Waals surface area contributed by atoms with Crippen LogP contribution in [0, 0.1) is 0 Å². The standard InChI is InChI=1S/C11H12N4O2/c1-7(2)10-12-13-14-15(10)9-6-4-3-5-8(9)11(16)17/h3-7H,1-2H3,(H,16,17). The van der Waals surface area contributed by atoms with Crippen LogP contribution in [0.15, 0.2) is 24.3 Å². The van der Waals surface area contributed by atoms with E-state index in [-0.39, 0.29) is 11.5 Å². The Hall–Kier alpha value is -2.24. The van der Waals surface area contributed by atoms with Crippen LogP contribution in [0.3, 0.4) is 0 Å². The summed E-state index contributed by atoms with van der Waals surface area (Å²) < 4.78 is 1.47. The summed E-state index contributed by atoms with van der Waals surface area (Å²) in [7, 11) is 0. The summed E-state index contributed by atoms with van der Waals surface area (Å²) in [6, 6.07) is 6.65. The number of tetrazole rings is 1. The number of rotatable bonds is 3. The molecule has 2 rings (SSSR count). The zero-order chi connectivity index (χ0) is 12.4. The smallest absolute Gasteiger partial charge is 0.337 e. The third kappa shape index (κ3) is 2.01. The minimum absolute atomic E-state index is 0.117. The summed E-state index contributed by atoms with van der Waals surface area (Å²) in [4.78, 5) is 11.1. The van der Waals surface area contributed by atoms with Crippen molar-refractivity contribution < 1.29 is 9.90 Å². The Morgan fingerprint density at radius 3 is 2.71 bits per heavy atom. The highest BCUT2D eigenvalue weighted by atomic mass is 16.4. The summed E-state index contributed by atoms with van der Waals surface area (Å²) in [6.07, 6.45) is 0. The summed E-state index contributed by atoms with van der Waals surface area (Å²) in [5, 5.41) is 20.4. The molecule has 88 valence electrons. The van der Waals surface area contributed by atoms with Gasteiger partial charge in [0.15, 0.2) is 5.82 Å². The molecule has 6 heteroatoms. The second-order valence-electron chi connectivity index (χ2n) is 3.93. The van der Waals surface area contributed by atoms with Crippen molar-refractivity contribution in [2.75, 3.05) is 0 Å². The quantitative estimate of drug-likeness (QED) is 0.866. The SMILES string of the molecule is CC(C)c1nnnn1-c1ccccc1C(=O)O. The van der Waals surface area contributed by atoms with Gasteiger partial charge in [-0.15, -0.1) is 5.10 Å². The molecule has 0 saturated heterocycles. The van der Waals surface area contributed by atoms with E-state index in [0.717, 1.165) is 0 Å². The van der Waals surface area contributed by atoms with Gasteiger partial charge in [-0.25, -0.2) is 4.79 Å². The van der Waals surface area contributed by atoms with Crippen molar-refractivity contribution in [3.63, 3.8) is 0 Å². The van der Waals surface area contributed by atoms with Crippen LogP contribution >= 0.6 is 0 Å². The van der Waals surface area contributed by atoms with E-state index in [0.29, 0.717) is 11.5 Å². The molecule has 1 heterocycles. The largest absolute Gasteiger partial charge is 0.478 e. The number of hydrogen-bond acceptors (Lipinski definition) is 4. The van der Waals surface area contributed by atoms with Crippen molar-refractivity contribution in [2.24, 2.45) is 0 Å². The Balaban J connectivity index is 2.60. The van der Waals surface area contributed by atoms with Gasteiger partial charge >= 0.3 is 5.97 Å². The first-order valence-corrected chi connectivity index (χ1v) is 5.22. The van der Waals surface area contributed by atoms with Crippen molar-refractivity contribution in [1.29, 1.82) is 0 Å². The summed E-state index contributed by atoms with van der Waals surface area (Å²) in [5.41, 5.74) is 0.662. The first-order valence-electron chi connectivity index (χ1n) is 5.22. The van der Waals surface area contributed by atoms with E-state index in [1.807, 2.05) is 13.8 Å². The van der Waals surface area contributed by atoms with E-state index in [1.165, 1.54) is 10.7 Å². The number of para-hydroxylation sites is 1. The average Bonchev–Trinajstić information content (AvgIpc) is 2.77. The molecule has 6 nitrogen and oxygen atoms in total. The van der Waals surface area contributed by atoms with Crippen molar-refractivity contribution in [2.45, 2.75) is 19.8 Å². The van der Waals surface area contributed by atoms with Crippen LogP contribution in [0.2, 0.25) is 0 Å². The Morgan fingerprint density at radius 2 is 2.06 bits per heavy atom. The first kappa shape index (κ1) is 11.3. The minimum atomic E-state index is -0.995. The Bertz CT molecular complexity index is 548. The normalized spacial score (nSPS) is 10.8. The van der Waals surface area contributed by atoms with Crippen LogP contribution in [0.1, 0.15) is 35.9 Å². The van der Waals surface area contributed by atoms with Crippen molar-refractivity contribution >= 4 is 5.97 Å². The molecule has 0 bridgehead atoms. The van der Waals surface area contributed by atoms with Crippen molar-refractivity contribution in [3.05, 3.63) is 35.7 Å². The van der Waals surface area contributed by atoms with E-state index in [1.54, 1.807) is 18.2 Å². The number of hydrogen-bond donors (Lipinski definition) is 1. The molecule has 0 radical (unpaired) electrons. The van der Waals surface area contributed by atoms with E-state index in [2.05, 4.69) is 15.5 Å². The van der Waals surface area contributed by atoms with Gasteiger partial charge in [-0.2, -0.15) is 4.68 Å². The lowest BCUT2D eigenvalue weighted by Gasteiger charge is -2.09. The lowest BCUT2D eigenvalue weighted by Crippen LogP contribution is -2.10. The number of carboxylic acid groups (broad SMARTS) is 1. The molecule has 0 unspecified atom stereocenters. The molecule has 0 aliphatic rings. The predicted octanol–water partition coefficient (Wildman–Crippen LogP) is 1.48. The molecule has 0 atom stereocenters. The number of carbonyl (C=O) groups is 1. The summed E-state index contributed by atoms with van der Waals surface area (Å²) in [6.45, 7) is 3.90. The third-order valence-corrected chi connectivity index (χ3v) is 2.37. The molecule has 1 N–H and O–H groups in total. The molecule has 1 aromatic carbocycles. The maximum atomic E-state index is 11.1. The van der Waals surface area contributed by atoms with E-state index < -0.39 is 5.97 Å². The van der Waals surface area contributed by atoms with Gasteiger partial charge < -0.3 is 5.11 Å². The van der Waals surface area contributed by atoms with E-state index in [9.17, 15) is 4.79 Å². The molecule has 0 aliphatic heterocycles. The fourth-order valence-corrected chi connectivity index (χ4v) is 1.56. The molecule has 0 spiro atoms. The average molecular weight is 232 g/mol. The van der Waals surface area contributed by atoms with Gasteiger partial charge in [-0.3, -0.25) is 0 Å². The van der Waals surface area contributed by atoms with Crippen LogP contribution < -0.4 is 0 Å². The van der Waals surface area contributed by atoms with Crippen LogP contribution in [-0.4, -0.2) is 31.3 Å². The van der Waals surface area contributed by atoms with Crippen LogP contribution in [0.25, 0.3) is 5.69 Å². The minimum Gasteiger partial charge on any atom is -0.478 e. The monoisotopic (exact) mass is 232 g/mol. The molecule has 1 aromatic heterocycles. The molecule has 0 fully saturated rings. The summed E-state index contributed by atoms with van der Waals surface area (Å²) in [5.74, 6) is -0.239. The lowest BCUT2D eigenvalue weighted by molar-refractivity contribution is 0.0696. The van der Waals surface area contributed by atoms with Crippen molar-refractivity contribution in [1.82, 2.24) is 20.2 Å². The Morgan fingerprint density at radius 1 is 1.35 bits per heavy atom.